The van der Waals surface area contributed by atoms with E-state index in [2.05, 4.69) is 15.8 Å². The Hall–Kier alpha value is -3.22. The van der Waals surface area contributed by atoms with Crippen molar-refractivity contribution in [2.45, 2.75) is 12.8 Å². The van der Waals surface area contributed by atoms with Crippen molar-refractivity contribution in [2.24, 2.45) is 0 Å². The Balaban J connectivity index is 1.48. The van der Waals surface area contributed by atoms with Crippen molar-refractivity contribution in [2.75, 3.05) is 0 Å². The summed E-state index contributed by atoms with van der Waals surface area (Å²) in [4.78, 5) is 27.8. The molecule has 122 valence electrons. The second kappa shape index (κ2) is 6.91. The maximum Gasteiger partial charge on any atom is 0.269 e. The van der Waals surface area contributed by atoms with Crippen LogP contribution in [0, 0.1) is 5.82 Å². The zero-order valence-corrected chi connectivity index (χ0v) is 12.6. The number of carbonyl (C=O) groups excluding carboxylic acids is 2. The lowest BCUT2D eigenvalue weighted by Gasteiger charge is -2.06. The van der Waals surface area contributed by atoms with Gasteiger partial charge in [-0.25, -0.2) is 9.37 Å². The van der Waals surface area contributed by atoms with Gasteiger partial charge < -0.3 is 4.42 Å². The summed E-state index contributed by atoms with van der Waals surface area (Å²) < 4.78 is 18.3. The molecule has 0 aliphatic carbocycles. The van der Waals surface area contributed by atoms with Crippen LogP contribution in [0.4, 0.5) is 4.39 Å². The molecule has 2 N–H and O–H groups in total. The van der Waals surface area contributed by atoms with E-state index in [4.69, 9.17) is 4.42 Å². The molecule has 0 saturated heterocycles. The van der Waals surface area contributed by atoms with Crippen LogP contribution in [0.5, 0.6) is 0 Å². The molecular formula is C17H14FN3O3. The van der Waals surface area contributed by atoms with Gasteiger partial charge in [0.25, 0.3) is 5.91 Å². The number of aromatic nitrogens is 1. The van der Waals surface area contributed by atoms with Crippen molar-refractivity contribution in [3.8, 4) is 0 Å². The maximum atomic E-state index is 12.8. The highest BCUT2D eigenvalue weighted by Crippen LogP contribution is 2.15. The number of fused-ring (bicyclic) bond motifs is 1. The molecule has 0 saturated carbocycles. The van der Waals surface area contributed by atoms with E-state index in [-0.39, 0.29) is 17.9 Å². The fraction of sp³-hybridized carbons (Fsp3) is 0.118. The van der Waals surface area contributed by atoms with Crippen LogP contribution in [0.2, 0.25) is 0 Å². The first kappa shape index (κ1) is 15.7. The van der Waals surface area contributed by atoms with E-state index in [9.17, 15) is 14.0 Å². The molecule has 2 amide bonds. The Bertz CT molecular complexity index is 841. The van der Waals surface area contributed by atoms with Crippen molar-refractivity contribution in [1.29, 1.82) is 0 Å². The van der Waals surface area contributed by atoms with Gasteiger partial charge in [-0.3, -0.25) is 20.4 Å². The number of benzene rings is 2. The number of hydrogen-bond acceptors (Lipinski definition) is 4. The molecule has 3 rings (SSSR count). The first-order chi connectivity index (χ1) is 11.6. The number of aryl methyl sites for hydroxylation is 1. The quantitative estimate of drug-likeness (QED) is 0.721. The zero-order valence-electron chi connectivity index (χ0n) is 12.6. The second-order valence-corrected chi connectivity index (χ2v) is 5.08. The number of hydrogen-bond donors (Lipinski definition) is 2. The van der Waals surface area contributed by atoms with E-state index in [0.29, 0.717) is 17.9 Å². The molecule has 0 fully saturated rings. The van der Waals surface area contributed by atoms with Crippen molar-refractivity contribution in [1.82, 2.24) is 15.8 Å². The predicted octanol–water partition coefficient (Wildman–Crippen LogP) is 2.36. The topological polar surface area (TPSA) is 84.2 Å². The summed E-state index contributed by atoms with van der Waals surface area (Å²) in [5, 5.41) is 0. The van der Waals surface area contributed by atoms with Gasteiger partial charge in [0.2, 0.25) is 5.91 Å². The smallest absolute Gasteiger partial charge is 0.269 e. The highest BCUT2D eigenvalue weighted by molar-refractivity contribution is 5.95. The summed E-state index contributed by atoms with van der Waals surface area (Å²) in [5.74, 6) is -0.886. The van der Waals surface area contributed by atoms with Crippen LogP contribution < -0.4 is 10.9 Å². The number of para-hydroxylation sites is 2. The number of hydrazine groups is 1. The standard InChI is InChI=1S/C17H14FN3O3/c18-12-7-5-11(6-8-12)17(23)21-20-15(22)9-10-16-19-13-3-1-2-4-14(13)24-16/h1-8H,9-10H2,(H,20,22)(H,21,23). The molecule has 6 nitrogen and oxygen atoms in total. The molecule has 0 aliphatic heterocycles. The van der Waals surface area contributed by atoms with E-state index >= 15 is 0 Å². The van der Waals surface area contributed by atoms with Gasteiger partial charge in [-0.15, -0.1) is 0 Å². The molecule has 0 bridgehead atoms. The molecule has 7 heteroatoms. The van der Waals surface area contributed by atoms with Crippen LogP contribution in [0.1, 0.15) is 22.7 Å². The first-order valence-electron chi connectivity index (χ1n) is 7.31. The monoisotopic (exact) mass is 327 g/mol. The molecule has 0 aliphatic rings. The third-order valence-electron chi connectivity index (χ3n) is 3.33. The van der Waals surface area contributed by atoms with Gasteiger partial charge >= 0.3 is 0 Å². The molecule has 0 atom stereocenters. The maximum absolute atomic E-state index is 12.8. The van der Waals surface area contributed by atoms with Gasteiger partial charge in [-0.05, 0) is 36.4 Å². The van der Waals surface area contributed by atoms with E-state index in [0.717, 1.165) is 5.52 Å². The lowest BCUT2D eigenvalue weighted by atomic mass is 10.2. The summed E-state index contributed by atoms with van der Waals surface area (Å²) in [6.45, 7) is 0. The average Bonchev–Trinajstić information content (AvgIpc) is 3.01. The number of amides is 2. The van der Waals surface area contributed by atoms with Crippen LogP contribution >= 0.6 is 0 Å². The molecule has 1 heterocycles. The Morgan fingerprint density at radius 2 is 1.79 bits per heavy atom. The fourth-order valence-electron chi connectivity index (χ4n) is 2.11. The van der Waals surface area contributed by atoms with Crippen molar-refractivity contribution >= 4 is 22.9 Å². The number of oxazole rings is 1. The highest BCUT2D eigenvalue weighted by atomic mass is 19.1. The van der Waals surface area contributed by atoms with Crippen molar-refractivity contribution in [3.63, 3.8) is 0 Å². The third kappa shape index (κ3) is 3.75. The van der Waals surface area contributed by atoms with E-state index in [1.807, 2.05) is 18.2 Å². The number of rotatable bonds is 4. The number of nitrogens with one attached hydrogen (secondary N) is 2. The normalized spacial score (nSPS) is 10.5. The Kier molecular flexibility index (Phi) is 4.51. The van der Waals surface area contributed by atoms with Gasteiger partial charge in [0.1, 0.15) is 11.3 Å². The molecule has 0 spiro atoms. The third-order valence-corrected chi connectivity index (χ3v) is 3.33. The summed E-state index contributed by atoms with van der Waals surface area (Å²) >= 11 is 0. The minimum absolute atomic E-state index is 0.108. The summed E-state index contributed by atoms with van der Waals surface area (Å²) in [5.41, 5.74) is 6.21. The van der Waals surface area contributed by atoms with Crippen LogP contribution in [0.25, 0.3) is 11.1 Å². The SMILES string of the molecule is O=C(CCc1nc2ccccc2o1)NNC(=O)c1ccc(F)cc1. The molecule has 0 radical (unpaired) electrons. The van der Waals surface area contributed by atoms with Gasteiger partial charge in [0.15, 0.2) is 11.5 Å². The van der Waals surface area contributed by atoms with E-state index in [1.54, 1.807) is 6.07 Å². The van der Waals surface area contributed by atoms with E-state index in [1.165, 1.54) is 24.3 Å². The molecule has 1 aromatic heterocycles. The first-order valence-corrected chi connectivity index (χ1v) is 7.31. The lowest BCUT2D eigenvalue weighted by molar-refractivity contribution is -0.121. The zero-order chi connectivity index (χ0) is 16.9. The summed E-state index contributed by atoms with van der Waals surface area (Å²) in [6, 6.07) is 12.3. The molecule has 24 heavy (non-hydrogen) atoms. The Morgan fingerprint density at radius 3 is 2.54 bits per heavy atom. The minimum atomic E-state index is -0.523. The van der Waals surface area contributed by atoms with Crippen LogP contribution in [0.15, 0.2) is 52.9 Å². The lowest BCUT2D eigenvalue weighted by Crippen LogP contribution is -2.41. The Labute approximate surface area is 136 Å². The van der Waals surface area contributed by atoms with Gasteiger partial charge in [-0.2, -0.15) is 0 Å². The number of nitrogens with zero attached hydrogens (tertiary/aromatic N) is 1. The second-order valence-electron chi connectivity index (χ2n) is 5.08. The van der Waals surface area contributed by atoms with Crippen LogP contribution in [0.3, 0.4) is 0 Å². The van der Waals surface area contributed by atoms with Gasteiger partial charge in [0, 0.05) is 18.4 Å². The largest absolute Gasteiger partial charge is 0.441 e. The van der Waals surface area contributed by atoms with Crippen LogP contribution in [-0.4, -0.2) is 16.8 Å². The molecule has 2 aromatic carbocycles. The highest BCUT2D eigenvalue weighted by Gasteiger charge is 2.10. The van der Waals surface area contributed by atoms with Gasteiger partial charge in [-0.1, -0.05) is 12.1 Å². The van der Waals surface area contributed by atoms with Crippen molar-refractivity contribution < 1.29 is 18.4 Å². The summed E-state index contributed by atoms with van der Waals surface area (Å²) in [7, 11) is 0. The summed E-state index contributed by atoms with van der Waals surface area (Å²) in [6.07, 6.45) is 0.420. The number of carbonyl (C=O) groups is 2. The molecule has 3 aromatic rings. The number of halogens is 1. The fourth-order valence-corrected chi connectivity index (χ4v) is 2.11. The average molecular weight is 327 g/mol. The van der Waals surface area contributed by atoms with E-state index < -0.39 is 11.7 Å². The minimum Gasteiger partial charge on any atom is -0.441 e. The van der Waals surface area contributed by atoms with Crippen LogP contribution in [-0.2, 0) is 11.2 Å². The van der Waals surface area contributed by atoms with Crippen molar-refractivity contribution in [3.05, 3.63) is 65.8 Å². The predicted molar refractivity (Wildman–Crippen MR) is 84.3 cm³/mol. The van der Waals surface area contributed by atoms with Gasteiger partial charge in [0.05, 0.1) is 0 Å². The molecular weight excluding hydrogens is 313 g/mol. The molecule has 0 unspecified atom stereocenters. The Morgan fingerprint density at radius 1 is 1.04 bits per heavy atom.